The Morgan fingerprint density at radius 1 is 1.06 bits per heavy atom. The molecule has 0 aliphatic rings. The van der Waals surface area contributed by atoms with Crippen LogP contribution in [0.1, 0.15) is 23.6 Å². The molecule has 2 rings (SSSR count). The van der Waals surface area contributed by atoms with Crippen molar-refractivity contribution in [1.82, 2.24) is 0 Å². The van der Waals surface area contributed by atoms with Gasteiger partial charge in [-0.1, -0.05) is 54.6 Å². The van der Waals surface area contributed by atoms with Gasteiger partial charge in [0.05, 0.1) is 6.04 Å². The van der Waals surface area contributed by atoms with Gasteiger partial charge in [0.1, 0.15) is 0 Å². The van der Waals surface area contributed by atoms with Crippen molar-refractivity contribution < 1.29 is 0 Å². The first-order chi connectivity index (χ1) is 8.81. The van der Waals surface area contributed by atoms with Crippen molar-refractivity contribution in [3.8, 4) is 0 Å². The Kier molecular flexibility index (Phi) is 4.19. The van der Waals surface area contributed by atoms with Crippen molar-refractivity contribution >= 4 is 5.69 Å². The predicted octanol–water partition coefficient (Wildman–Crippen LogP) is 4.72. The minimum absolute atomic E-state index is 0.282. The van der Waals surface area contributed by atoms with E-state index in [0.29, 0.717) is 0 Å². The van der Waals surface area contributed by atoms with E-state index in [2.05, 4.69) is 67.4 Å². The first-order valence-electron chi connectivity index (χ1n) is 6.29. The van der Waals surface area contributed by atoms with Crippen LogP contribution in [0.25, 0.3) is 0 Å². The van der Waals surface area contributed by atoms with Crippen LogP contribution in [0.4, 0.5) is 5.69 Å². The van der Waals surface area contributed by atoms with Gasteiger partial charge in [-0.05, 0) is 30.5 Å². The van der Waals surface area contributed by atoms with Crippen LogP contribution in [0.15, 0.2) is 67.3 Å². The molecule has 0 aliphatic carbocycles. The Morgan fingerprint density at radius 3 is 2.39 bits per heavy atom. The van der Waals surface area contributed by atoms with Crippen LogP contribution in [-0.4, -0.2) is 0 Å². The van der Waals surface area contributed by atoms with Crippen LogP contribution < -0.4 is 5.32 Å². The summed E-state index contributed by atoms with van der Waals surface area (Å²) in [6.45, 7) is 5.97. The molecule has 1 atom stereocenters. The van der Waals surface area contributed by atoms with Gasteiger partial charge in [0.15, 0.2) is 0 Å². The Hall–Kier alpha value is -2.02. The lowest BCUT2D eigenvalue weighted by Gasteiger charge is -2.20. The molecule has 0 heterocycles. The molecule has 0 saturated carbocycles. The molecule has 0 spiro atoms. The molecule has 0 aliphatic heterocycles. The normalized spacial score (nSPS) is 11.8. The molecule has 0 radical (unpaired) electrons. The summed E-state index contributed by atoms with van der Waals surface area (Å²) in [5.41, 5.74) is 3.75. The quantitative estimate of drug-likeness (QED) is 0.742. The molecular formula is C17H19N. The summed E-state index contributed by atoms with van der Waals surface area (Å²) < 4.78 is 0. The average molecular weight is 237 g/mol. The maximum atomic E-state index is 3.85. The van der Waals surface area contributed by atoms with Crippen molar-refractivity contribution in [2.45, 2.75) is 19.4 Å². The van der Waals surface area contributed by atoms with E-state index in [4.69, 9.17) is 0 Å². The summed E-state index contributed by atoms with van der Waals surface area (Å²) in [5.74, 6) is 0. The van der Waals surface area contributed by atoms with Crippen molar-refractivity contribution in [1.29, 1.82) is 0 Å². The summed E-state index contributed by atoms with van der Waals surface area (Å²) in [5, 5.41) is 3.59. The largest absolute Gasteiger partial charge is 0.378 e. The lowest BCUT2D eigenvalue weighted by atomic mass is 10.0. The maximum Gasteiger partial charge on any atom is 0.0548 e. The van der Waals surface area contributed by atoms with Gasteiger partial charge in [-0.2, -0.15) is 0 Å². The first-order valence-corrected chi connectivity index (χ1v) is 6.29. The number of rotatable bonds is 5. The molecule has 1 unspecified atom stereocenters. The standard InChI is InChI=1S/C17H19N/c1-3-9-17(15-11-5-4-6-12-15)18-16-13-8-7-10-14(16)2/h3-8,10-13,17-18H,1,9H2,2H3. The summed E-state index contributed by atoms with van der Waals surface area (Å²) in [6.07, 6.45) is 2.88. The number of benzene rings is 2. The van der Waals surface area contributed by atoms with E-state index in [1.54, 1.807) is 0 Å². The highest BCUT2D eigenvalue weighted by atomic mass is 14.9. The molecule has 2 aromatic carbocycles. The topological polar surface area (TPSA) is 12.0 Å². The van der Waals surface area contributed by atoms with Gasteiger partial charge >= 0.3 is 0 Å². The van der Waals surface area contributed by atoms with Gasteiger partial charge in [0.2, 0.25) is 0 Å². The third-order valence-corrected chi connectivity index (χ3v) is 3.08. The zero-order chi connectivity index (χ0) is 12.8. The lowest BCUT2D eigenvalue weighted by Crippen LogP contribution is -2.10. The van der Waals surface area contributed by atoms with Gasteiger partial charge in [0.25, 0.3) is 0 Å². The van der Waals surface area contributed by atoms with Crippen LogP contribution >= 0.6 is 0 Å². The summed E-state index contributed by atoms with van der Waals surface area (Å²) in [4.78, 5) is 0. The Bertz CT molecular complexity index is 502. The summed E-state index contributed by atoms with van der Waals surface area (Å²) in [7, 11) is 0. The van der Waals surface area contributed by atoms with Crippen LogP contribution in [0, 0.1) is 6.92 Å². The Labute approximate surface area is 109 Å². The van der Waals surface area contributed by atoms with E-state index in [-0.39, 0.29) is 6.04 Å². The van der Waals surface area contributed by atoms with E-state index in [0.717, 1.165) is 6.42 Å². The van der Waals surface area contributed by atoms with Crippen LogP contribution in [0.5, 0.6) is 0 Å². The van der Waals surface area contributed by atoms with E-state index in [1.165, 1.54) is 16.8 Å². The smallest absolute Gasteiger partial charge is 0.0548 e. The Balaban J connectivity index is 2.22. The molecule has 1 heteroatoms. The molecule has 0 bridgehead atoms. The molecule has 0 saturated heterocycles. The highest BCUT2D eigenvalue weighted by Crippen LogP contribution is 2.24. The monoisotopic (exact) mass is 237 g/mol. The fourth-order valence-electron chi connectivity index (χ4n) is 2.05. The van der Waals surface area contributed by atoms with Crippen molar-refractivity contribution in [2.75, 3.05) is 5.32 Å². The van der Waals surface area contributed by atoms with Crippen molar-refractivity contribution in [3.63, 3.8) is 0 Å². The third-order valence-electron chi connectivity index (χ3n) is 3.08. The highest BCUT2D eigenvalue weighted by molar-refractivity contribution is 5.52. The van der Waals surface area contributed by atoms with E-state index in [9.17, 15) is 0 Å². The third kappa shape index (κ3) is 3.01. The molecule has 1 N–H and O–H groups in total. The second-order valence-electron chi connectivity index (χ2n) is 4.45. The van der Waals surface area contributed by atoms with Gasteiger partial charge in [-0.3, -0.25) is 0 Å². The van der Waals surface area contributed by atoms with Gasteiger partial charge < -0.3 is 5.32 Å². The van der Waals surface area contributed by atoms with Crippen LogP contribution in [0.2, 0.25) is 0 Å². The van der Waals surface area contributed by atoms with Gasteiger partial charge in [0, 0.05) is 5.69 Å². The van der Waals surface area contributed by atoms with Gasteiger partial charge in [-0.25, -0.2) is 0 Å². The first kappa shape index (κ1) is 12.4. The maximum absolute atomic E-state index is 3.85. The molecule has 18 heavy (non-hydrogen) atoms. The molecule has 2 aromatic rings. The van der Waals surface area contributed by atoms with Crippen molar-refractivity contribution in [2.24, 2.45) is 0 Å². The fraction of sp³-hybridized carbons (Fsp3) is 0.176. The SMILES string of the molecule is C=CCC(Nc1ccccc1C)c1ccccc1. The van der Waals surface area contributed by atoms with Gasteiger partial charge in [-0.15, -0.1) is 6.58 Å². The Morgan fingerprint density at radius 2 is 1.72 bits per heavy atom. The van der Waals surface area contributed by atoms with E-state index < -0.39 is 0 Å². The van der Waals surface area contributed by atoms with E-state index >= 15 is 0 Å². The molecule has 92 valence electrons. The second-order valence-corrected chi connectivity index (χ2v) is 4.45. The minimum Gasteiger partial charge on any atom is -0.378 e. The molecule has 0 aromatic heterocycles. The predicted molar refractivity (Wildman–Crippen MR) is 78.8 cm³/mol. The summed E-state index contributed by atoms with van der Waals surface area (Å²) >= 11 is 0. The van der Waals surface area contributed by atoms with E-state index in [1.807, 2.05) is 12.1 Å². The summed E-state index contributed by atoms with van der Waals surface area (Å²) in [6, 6.07) is 19.1. The zero-order valence-corrected chi connectivity index (χ0v) is 10.8. The number of hydrogen-bond donors (Lipinski definition) is 1. The lowest BCUT2D eigenvalue weighted by molar-refractivity contribution is 0.798. The average Bonchev–Trinajstić information content (AvgIpc) is 2.42. The number of para-hydroxylation sites is 1. The number of nitrogens with one attached hydrogen (secondary N) is 1. The highest BCUT2D eigenvalue weighted by Gasteiger charge is 2.09. The number of hydrogen-bond acceptors (Lipinski definition) is 1. The molecular weight excluding hydrogens is 218 g/mol. The minimum atomic E-state index is 0.282. The fourth-order valence-corrected chi connectivity index (χ4v) is 2.05. The van der Waals surface area contributed by atoms with Crippen LogP contribution in [-0.2, 0) is 0 Å². The molecule has 1 nitrogen and oxygen atoms in total. The molecule has 0 amide bonds. The van der Waals surface area contributed by atoms with Crippen LogP contribution in [0.3, 0.4) is 0 Å². The molecule has 0 fully saturated rings. The second kappa shape index (κ2) is 6.06. The zero-order valence-electron chi connectivity index (χ0n) is 10.8. The number of aryl methyl sites for hydroxylation is 1. The number of anilines is 1. The van der Waals surface area contributed by atoms with Crippen molar-refractivity contribution in [3.05, 3.63) is 78.4 Å².